The lowest BCUT2D eigenvalue weighted by atomic mass is 9.89. The van der Waals surface area contributed by atoms with E-state index in [1.807, 2.05) is 30.3 Å². The highest BCUT2D eigenvalue weighted by molar-refractivity contribution is 5.79. The summed E-state index contributed by atoms with van der Waals surface area (Å²) in [5.74, 6) is -1.21. The molecule has 27 heavy (non-hydrogen) atoms. The molecule has 152 valence electrons. The number of methoxy groups -OCH3 is 1. The molecule has 2 rings (SSSR count). The Balaban J connectivity index is 2.14. The molecular formula is C21H34N2O4. The van der Waals surface area contributed by atoms with E-state index in [9.17, 15) is 9.90 Å². The average Bonchev–Trinajstić information content (AvgIpc) is 3.07. The second-order valence-electron chi connectivity index (χ2n) is 7.77. The number of ether oxygens (including phenoxy) is 2. The van der Waals surface area contributed by atoms with Crippen LogP contribution >= 0.6 is 0 Å². The Hall–Kier alpha value is -1.47. The fourth-order valence-electron chi connectivity index (χ4n) is 3.93. The predicted octanol–water partition coefficient (Wildman–Crippen LogP) is 2.69. The number of hydrogen-bond acceptors (Lipinski definition) is 5. The Morgan fingerprint density at radius 1 is 1.26 bits per heavy atom. The summed E-state index contributed by atoms with van der Waals surface area (Å²) in [6, 6.07) is 10.5. The van der Waals surface area contributed by atoms with E-state index in [1.165, 1.54) is 0 Å². The third-order valence-corrected chi connectivity index (χ3v) is 5.40. The summed E-state index contributed by atoms with van der Waals surface area (Å²) < 4.78 is 11.7. The van der Waals surface area contributed by atoms with Crippen molar-refractivity contribution in [3.05, 3.63) is 35.9 Å². The molecule has 1 aliphatic rings. The second kappa shape index (κ2) is 9.64. The number of nitrogens with one attached hydrogen (secondary N) is 1. The molecule has 0 spiro atoms. The van der Waals surface area contributed by atoms with E-state index >= 15 is 0 Å². The lowest BCUT2D eigenvalue weighted by Gasteiger charge is -2.36. The van der Waals surface area contributed by atoms with Crippen LogP contribution in [0.15, 0.2) is 30.3 Å². The fraction of sp³-hybridized carbons (Fsp3) is 0.667. The lowest BCUT2D eigenvalue weighted by Crippen LogP contribution is -2.55. The minimum absolute atomic E-state index is 0.204. The Kier molecular flexibility index (Phi) is 7.79. The van der Waals surface area contributed by atoms with Crippen LogP contribution in [0.1, 0.15) is 45.6 Å². The number of nitrogens with zero attached hydrogens (tertiary/aromatic N) is 1. The van der Waals surface area contributed by atoms with Gasteiger partial charge in [0.05, 0.1) is 12.7 Å². The van der Waals surface area contributed by atoms with Crippen molar-refractivity contribution >= 4 is 5.97 Å². The summed E-state index contributed by atoms with van der Waals surface area (Å²) in [4.78, 5) is 14.5. The van der Waals surface area contributed by atoms with Crippen LogP contribution < -0.4 is 5.32 Å². The lowest BCUT2D eigenvalue weighted by molar-refractivity contribution is -0.177. The van der Waals surface area contributed by atoms with Gasteiger partial charge in [-0.2, -0.15) is 0 Å². The number of benzene rings is 1. The molecule has 1 heterocycles. The van der Waals surface area contributed by atoms with Crippen LogP contribution in [0.4, 0.5) is 0 Å². The summed E-state index contributed by atoms with van der Waals surface area (Å²) in [7, 11) is 1.65. The van der Waals surface area contributed by atoms with Gasteiger partial charge in [0.2, 0.25) is 5.72 Å². The zero-order valence-corrected chi connectivity index (χ0v) is 17.1. The number of carboxylic acid groups (broad SMARTS) is 1. The van der Waals surface area contributed by atoms with Crippen LogP contribution in [-0.4, -0.2) is 66.7 Å². The van der Waals surface area contributed by atoms with Gasteiger partial charge >= 0.3 is 5.97 Å². The third-order valence-electron chi connectivity index (χ3n) is 5.40. The highest BCUT2D eigenvalue weighted by Gasteiger charge is 2.51. The van der Waals surface area contributed by atoms with Gasteiger partial charge in [0, 0.05) is 31.7 Å². The molecule has 0 radical (unpaired) electrons. The molecule has 1 fully saturated rings. The van der Waals surface area contributed by atoms with Crippen molar-refractivity contribution in [3.63, 3.8) is 0 Å². The van der Waals surface area contributed by atoms with Gasteiger partial charge in [-0.3, -0.25) is 10.2 Å². The minimum atomic E-state index is -1.42. The highest BCUT2D eigenvalue weighted by atomic mass is 16.6. The summed E-state index contributed by atoms with van der Waals surface area (Å²) in [6.07, 6.45) is 0.516. The molecule has 0 aromatic heterocycles. The predicted molar refractivity (Wildman–Crippen MR) is 106 cm³/mol. The van der Waals surface area contributed by atoms with E-state index in [4.69, 9.17) is 9.47 Å². The molecule has 1 aromatic rings. The van der Waals surface area contributed by atoms with Gasteiger partial charge in [0.15, 0.2) is 0 Å². The van der Waals surface area contributed by atoms with E-state index < -0.39 is 11.7 Å². The number of carbonyl (C=O) groups is 1. The molecule has 0 saturated carbocycles. The average molecular weight is 379 g/mol. The Morgan fingerprint density at radius 3 is 2.41 bits per heavy atom. The van der Waals surface area contributed by atoms with Gasteiger partial charge in [-0.15, -0.1) is 0 Å². The van der Waals surface area contributed by atoms with Crippen LogP contribution in [0.3, 0.4) is 0 Å². The van der Waals surface area contributed by atoms with Gasteiger partial charge in [0.25, 0.3) is 0 Å². The monoisotopic (exact) mass is 378 g/mol. The van der Waals surface area contributed by atoms with Crippen molar-refractivity contribution in [1.82, 2.24) is 10.2 Å². The maximum atomic E-state index is 12.2. The van der Waals surface area contributed by atoms with Crippen molar-refractivity contribution < 1.29 is 19.4 Å². The number of rotatable bonds is 10. The molecule has 6 nitrogen and oxygen atoms in total. The van der Waals surface area contributed by atoms with E-state index in [-0.39, 0.29) is 18.6 Å². The molecule has 1 aromatic carbocycles. The van der Waals surface area contributed by atoms with Crippen molar-refractivity contribution in [1.29, 1.82) is 0 Å². The van der Waals surface area contributed by atoms with Crippen molar-refractivity contribution in [3.8, 4) is 0 Å². The first kappa shape index (κ1) is 21.8. The minimum Gasteiger partial charge on any atom is -0.478 e. The van der Waals surface area contributed by atoms with Crippen molar-refractivity contribution in [2.45, 2.75) is 63.9 Å². The van der Waals surface area contributed by atoms with E-state index in [1.54, 1.807) is 7.11 Å². The highest BCUT2D eigenvalue weighted by Crippen LogP contribution is 2.37. The van der Waals surface area contributed by atoms with Crippen LogP contribution in [0.2, 0.25) is 0 Å². The van der Waals surface area contributed by atoms with Crippen LogP contribution in [0.5, 0.6) is 0 Å². The van der Waals surface area contributed by atoms with Crippen molar-refractivity contribution in [2.75, 3.05) is 26.8 Å². The van der Waals surface area contributed by atoms with Crippen LogP contribution in [0, 0.1) is 0 Å². The quantitative estimate of drug-likeness (QED) is 0.652. The van der Waals surface area contributed by atoms with Crippen LogP contribution in [0.25, 0.3) is 0 Å². The second-order valence-corrected chi connectivity index (χ2v) is 7.77. The summed E-state index contributed by atoms with van der Waals surface area (Å²) in [5.41, 5.74) is -0.441. The SMILES string of the molecule is COC(CO[C@]1(C(=O)O)NCCC1c1ccccc1)CN(C(C)C)C(C)C. The van der Waals surface area contributed by atoms with Crippen LogP contribution in [-0.2, 0) is 14.3 Å². The number of aliphatic carboxylic acids is 1. The Bertz CT molecular complexity index is 585. The topological polar surface area (TPSA) is 71.0 Å². The van der Waals surface area contributed by atoms with Gasteiger partial charge in [-0.05, 0) is 46.2 Å². The van der Waals surface area contributed by atoms with E-state index in [2.05, 4.69) is 37.9 Å². The fourth-order valence-corrected chi connectivity index (χ4v) is 3.93. The number of hydrogen-bond donors (Lipinski definition) is 2. The van der Waals surface area contributed by atoms with E-state index in [0.717, 1.165) is 12.0 Å². The summed E-state index contributed by atoms with van der Waals surface area (Å²) in [5, 5.41) is 13.1. The first-order valence-electron chi connectivity index (χ1n) is 9.77. The molecule has 2 unspecified atom stereocenters. The van der Waals surface area contributed by atoms with E-state index in [0.29, 0.717) is 25.2 Å². The molecule has 1 saturated heterocycles. The Morgan fingerprint density at radius 2 is 1.89 bits per heavy atom. The molecule has 1 aliphatic heterocycles. The molecule has 0 bridgehead atoms. The molecule has 3 atom stereocenters. The summed E-state index contributed by atoms with van der Waals surface area (Å²) in [6.45, 7) is 10.1. The largest absolute Gasteiger partial charge is 0.478 e. The number of carboxylic acids is 1. The third kappa shape index (κ3) is 5.08. The van der Waals surface area contributed by atoms with Crippen molar-refractivity contribution in [2.24, 2.45) is 0 Å². The van der Waals surface area contributed by atoms with Gasteiger partial charge < -0.3 is 14.6 Å². The maximum Gasteiger partial charge on any atom is 0.352 e. The molecule has 0 aliphatic carbocycles. The van der Waals surface area contributed by atoms with Gasteiger partial charge in [-0.25, -0.2) is 4.79 Å². The normalized spacial score (nSPS) is 24.1. The molecular weight excluding hydrogens is 344 g/mol. The molecule has 0 amide bonds. The smallest absolute Gasteiger partial charge is 0.352 e. The standard InChI is InChI=1S/C21H34N2O4/c1-15(2)23(16(3)4)13-18(26-5)14-27-21(20(24)25)19(11-12-22-21)17-9-7-6-8-10-17/h6-10,15-16,18-19,22H,11-14H2,1-5H3,(H,24,25)/t18?,19?,21-/m1/s1. The Labute approximate surface area is 162 Å². The zero-order valence-electron chi connectivity index (χ0n) is 17.1. The van der Waals surface area contributed by atoms with Gasteiger partial charge in [-0.1, -0.05) is 30.3 Å². The van der Waals surface area contributed by atoms with Gasteiger partial charge in [0.1, 0.15) is 0 Å². The first-order chi connectivity index (χ1) is 12.8. The first-order valence-corrected chi connectivity index (χ1v) is 9.77. The maximum absolute atomic E-state index is 12.2. The molecule has 6 heteroatoms. The molecule has 2 N–H and O–H groups in total. The zero-order chi connectivity index (χ0) is 20.0. The summed E-state index contributed by atoms with van der Waals surface area (Å²) >= 11 is 0.